The number of ether oxygens (including phenoxy) is 2. The molecule has 1 unspecified atom stereocenters. The van der Waals surface area contributed by atoms with Crippen molar-refractivity contribution in [1.29, 1.82) is 0 Å². The van der Waals surface area contributed by atoms with Crippen molar-refractivity contribution in [2.75, 3.05) is 25.6 Å². The smallest absolute Gasteiger partial charge is 0.162 e. The Morgan fingerprint density at radius 2 is 2.00 bits per heavy atom. The average molecular weight is 297 g/mol. The molecule has 0 spiro atoms. The summed E-state index contributed by atoms with van der Waals surface area (Å²) in [4.78, 5) is 1.12. The van der Waals surface area contributed by atoms with Crippen molar-refractivity contribution in [2.24, 2.45) is 0 Å². The van der Waals surface area contributed by atoms with E-state index < -0.39 is 0 Å². The van der Waals surface area contributed by atoms with Gasteiger partial charge in [-0.3, -0.25) is 0 Å². The van der Waals surface area contributed by atoms with Crippen LogP contribution in [-0.4, -0.2) is 42.3 Å². The lowest BCUT2D eigenvalue weighted by atomic mass is 10.1. The van der Waals surface area contributed by atoms with Gasteiger partial charge in [-0.1, -0.05) is 13.8 Å². The predicted octanol–water partition coefficient (Wildman–Crippen LogP) is 2.30. The van der Waals surface area contributed by atoms with Crippen molar-refractivity contribution < 1.29 is 14.6 Å². The largest absolute Gasteiger partial charge is 0.486 e. The van der Waals surface area contributed by atoms with Crippen LogP contribution < -0.4 is 14.8 Å². The van der Waals surface area contributed by atoms with E-state index in [1.807, 2.05) is 25.1 Å². The number of nitrogens with one attached hydrogen (secondary N) is 1. The van der Waals surface area contributed by atoms with E-state index in [9.17, 15) is 5.11 Å². The molecule has 4 nitrogen and oxygen atoms in total. The SMILES string of the molecule is CC(C)NC(C)(CO)CSc1ccc2c(c1)OCCO2. The Morgan fingerprint density at radius 1 is 1.30 bits per heavy atom. The number of fused-ring (bicyclic) bond motifs is 1. The van der Waals surface area contributed by atoms with Gasteiger partial charge in [0.2, 0.25) is 0 Å². The van der Waals surface area contributed by atoms with Crippen LogP contribution in [0.4, 0.5) is 0 Å². The van der Waals surface area contributed by atoms with Crippen LogP contribution in [0, 0.1) is 0 Å². The number of hydrogen-bond donors (Lipinski definition) is 2. The van der Waals surface area contributed by atoms with Crippen LogP contribution in [0.25, 0.3) is 0 Å². The number of benzene rings is 1. The molecule has 0 bridgehead atoms. The third-order valence-corrected chi connectivity index (χ3v) is 4.43. The second-order valence-electron chi connectivity index (χ2n) is 5.61. The Hall–Kier alpha value is -0.910. The standard InChI is InChI=1S/C15H23NO3S/c1-11(2)16-15(3,9-17)10-20-12-4-5-13-14(8-12)19-7-6-18-13/h4-5,8,11,16-17H,6-7,9-10H2,1-3H3. The molecular weight excluding hydrogens is 274 g/mol. The molecule has 1 heterocycles. The summed E-state index contributed by atoms with van der Waals surface area (Å²) < 4.78 is 11.1. The van der Waals surface area contributed by atoms with E-state index in [4.69, 9.17) is 9.47 Å². The number of rotatable bonds is 6. The van der Waals surface area contributed by atoms with Gasteiger partial charge in [-0.05, 0) is 25.1 Å². The van der Waals surface area contributed by atoms with Crippen molar-refractivity contribution in [3.8, 4) is 11.5 Å². The average Bonchev–Trinajstić information content (AvgIpc) is 2.44. The summed E-state index contributed by atoms with van der Waals surface area (Å²) in [5.41, 5.74) is -0.286. The van der Waals surface area contributed by atoms with Crippen molar-refractivity contribution in [3.63, 3.8) is 0 Å². The summed E-state index contributed by atoms with van der Waals surface area (Å²) in [5.74, 6) is 2.41. The zero-order chi connectivity index (χ0) is 14.6. The van der Waals surface area contributed by atoms with E-state index in [1.165, 1.54) is 0 Å². The molecular formula is C15H23NO3S. The molecule has 20 heavy (non-hydrogen) atoms. The minimum absolute atomic E-state index is 0.114. The van der Waals surface area contributed by atoms with Crippen LogP contribution in [0.3, 0.4) is 0 Å². The minimum atomic E-state index is -0.286. The molecule has 0 saturated heterocycles. The van der Waals surface area contributed by atoms with Gasteiger partial charge >= 0.3 is 0 Å². The highest BCUT2D eigenvalue weighted by Crippen LogP contribution is 2.35. The Labute approximate surface area is 124 Å². The monoisotopic (exact) mass is 297 g/mol. The predicted molar refractivity (Wildman–Crippen MR) is 81.9 cm³/mol. The third-order valence-electron chi connectivity index (χ3n) is 3.06. The van der Waals surface area contributed by atoms with Gasteiger partial charge in [0.05, 0.1) is 6.61 Å². The van der Waals surface area contributed by atoms with Crippen LogP contribution in [0.5, 0.6) is 11.5 Å². The lowest BCUT2D eigenvalue weighted by Gasteiger charge is -2.31. The first kappa shape index (κ1) is 15.5. The van der Waals surface area contributed by atoms with Gasteiger partial charge in [0.1, 0.15) is 13.2 Å². The van der Waals surface area contributed by atoms with E-state index in [0.717, 1.165) is 22.1 Å². The molecule has 0 aromatic heterocycles. The zero-order valence-electron chi connectivity index (χ0n) is 12.3. The third kappa shape index (κ3) is 4.04. The first-order chi connectivity index (χ1) is 9.52. The van der Waals surface area contributed by atoms with Crippen molar-refractivity contribution in [1.82, 2.24) is 5.32 Å². The first-order valence-electron chi connectivity index (χ1n) is 6.93. The number of hydrogen-bond acceptors (Lipinski definition) is 5. The van der Waals surface area contributed by atoms with Crippen LogP contribution in [0.2, 0.25) is 0 Å². The van der Waals surface area contributed by atoms with Gasteiger partial charge in [0.25, 0.3) is 0 Å². The highest BCUT2D eigenvalue weighted by atomic mass is 32.2. The summed E-state index contributed by atoms with van der Waals surface area (Å²) in [7, 11) is 0. The summed E-state index contributed by atoms with van der Waals surface area (Å²) in [6.07, 6.45) is 0. The number of thioether (sulfide) groups is 1. The fraction of sp³-hybridized carbons (Fsp3) is 0.600. The van der Waals surface area contributed by atoms with Gasteiger partial charge < -0.3 is 19.9 Å². The second kappa shape index (κ2) is 6.70. The molecule has 2 N–H and O–H groups in total. The molecule has 1 aliphatic heterocycles. The van der Waals surface area contributed by atoms with Crippen LogP contribution >= 0.6 is 11.8 Å². The van der Waals surface area contributed by atoms with Crippen molar-refractivity contribution in [2.45, 2.75) is 37.2 Å². The maximum absolute atomic E-state index is 9.58. The molecule has 0 radical (unpaired) electrons. The Kier molecular flexibility index (Phi) is 5.18. The second-order valence-corrected chi connectivity index (χ2v) is 6.66. The summed E-state index contributed by atoms with van der Waals surface area (Å²) in [5, 5.41) is 13.0. The van der Waals surface area contributed by atoms with Gasteiger partial charge in [-0.15, -0.1) is 11.8 Å². The van der Waals surface area contributed by atoms with Crippen LogP contribution in [0.15, 0.2) is 23.1 Å². The number of aliphatic hydroxyl groups excluding tert-OH is 1. The van der Waals surface area contributed by atoms with E-state index in [2.05, 4.69) is 19.2 Å². The van der Waals surface area contributed by atoms with Gasteiger partial charge in [-0.25, -0.2) is 0 Å². The molecule has 1 aliphatic rings. The minimum Gasteiger partial charge on any atom is -0.486 e. The van der Waals surface area contributed by atoms with E-state index in [1.54, 1.807) is 11.8 Å². The molecule has 1 atom stereocenters. The summed E-state index contributed by atoms with van der Waals surface area (Å²) in [6.45, 7) is 7.54. The highest BCUT2D eigenvalue weighted by molar-refractivity contribution is 7.99. The lowest BCUT2D eigenvalue weighted by Crippen LogP contribution is -2.51. The maximum atomic E-state index is 9.58. The van der Waals surface area contributed by atoms with Crippen molar-refractivity contribution >= 4 is 11.8 Å². The summed E-state index contributed by atoms with van der Waals surface area (Å²) in [6, 6.07) is 6.33. The molecule has 1 aromatic carbocycles. The highest BCUT2D eigenvalue weighted by Gasteiger charge is 2.24. The van der Waals surface area contributed by atoms with E-state index in [0.29, 0.717) is 19.3 Å². The normalized spacial score (nSPS) is 17.1. The topological polar surface area (TPSA) is 50.7 Å². The molecule has 112 valence electrons. The van der Waals surface area contributed by atoms with Gasteiger partial charge in [0.15, 0.2) is 11.5 Å². The fourth-order valence-electron chi connectivity index (χ4n) is 2.19. The Morgan fingerprint density at radius 3 is 2.65 bits per heavy atom. The molecule has 0 aliphatic carbocycles. The molecule has 5 heteroatoms. The van der Waals surface area contributed by atoms with Crippen LogP contribution in [0.1, 0.15) is 20.8 Å². The van der Waals surface area contributed by atoms with E-state index in [-0.39, 0.29) is 12.1 Å². The van der Waals surface area contributed by atoms with Crippen molar-refractivity contribution in [3.05, 3.63) is 18.2 Å². The zero-order valence-corrected chi connectivity index (χ0v) is 13.1. The quantitative estimate of drug-likeness (QED) is 0.789. The Balaban J connectivity index is 1.99. The summed E-state index contributed by atoms with van der Waals surface area (Å²) >= 11 is 1.71. The molecule has 0 saturated carbocycles. The Bertz CT molecular complexity index is 453. The van der Waals surface area contributed by atoms with Gasteiger partial charge in [0, 0.05) is 22.2 Å². The van der Waals surface area contributed by atoms with Crippen LogP contribution in [-0.2, 0) is 0 Å². The van der Waals surface area contributed by atoms with E-state index >= 15 is 0 Å². The van der Waals surface area contributed by atoms with Gasteiger partial charge in [-0.2, -0.15) is 0 Å². The molecule has 2 rings (SSSR count). The lowest BCUT2D eigenvalue weighted by molar-refractivity contribution is 0.171. The number of aliphatic hydroxyl groups is 1. The molecule has 0 fully saturated rings. The maximum Gasteiger partial charge on any atom is 0.162 e. The fourth-order valence-corrected chi connectivity index (χ4v) is 3.20. The molecule has 1 aromatic rings. The molecule has 0 amide bonds. The first-order valence-corrected chi connectivity index (χ1v) is 7.92.